The zero-order chi connectivity index (χ0) is 13.9. The summed E-state index contributed by atoms with van der Waals surface area (Å²) >= 11 is 0. The van der Waals surface area contributed by atoms with Crippen molar-refractivity contribution in [2.24, 2.45) is 5.92 Å². The summed E-state index contributed by atoms with van der Waals surface area (Å²) in [6, 6.07) is 2.31. The lowest BCUT2D eigenvalue weighted by molar-refractivity contribution is 0.412. The average Bonchev–Trinajstić information content (AvgIpc) is 2.38. The minimum Gasteiger partial charge on any atom is -0.398 e. The summed E-state index contributed by atoms with van der Waals surface area (Å²) in [6.45, 7) is 0. The SMILES string of the molecule is N=C(c1c(N)ccnc1NC1CCCCC1)C1CCC1. The zero-order valence-corrected chi connectivity index (χ0v) is 12.0. The molecule has 0 saturated heterocycles. The molecule has 2 aliphatic carbocycles. The van der Waals surface area contributed by atoms with Crippen LogP contribution in [0.3, 0.4) is 0 Å². The van der Waals surface area contributed by atoms with E-state index >= 15 is 0 Å². The van der Waals surface area contributed by atoms with Gasteiger partial charge in [0, 0.05) is 29.6 Å². The standard InChI is InChI=1S/C16H24N4/c17-13-9-10-19-16(20-12-7-2-1-3-8-12)14(13)15(18)11-5-4-6-11/h9-12,18H,1-8H2,(H3,17,19,20). The second-order valence-electron chi connectivity index (χ2n) is 6.14. The molecule has 4 nitrogen and oxygen atoms in total. The largest absolute Gasteiger partial charge is 0.398 e. The van der Waals surface area contributed by atoms with Crippen molar-refractivity contribution in [3.05, 3.63) is 17.8 Å². The Kier molecular flexibility index (Phi) is 3.90. The van der Waals surface area contributed by atoms with Gasteiger partial charge < -0.3 is 16.5 Å². The summed E-state index contributed by atoms with van der Waals surface area (Å²) in [5.41, 5.74) is 8.34. The third kappa shape index (κ3) is 2.65. The van der Waals surface area contributed by atoms with Gasteiger partial charge in [-0.1, -0.05) is 25.7 Å². The molecule has 2 fully saturated rings. The Morgan fingerprint density at radius 3 is 2.55 bits per heavy atom. The predicted molar refractivity (Wildman–Crippen MR) is 83.3 cm³/mol. The van der Waals surface area contributed by atoms with Crippen LogP contribution in [0, 0.1) is 11.3 Å². The van der Waals surface area contributed by atoms with Crippen LogP contribution >= 0.6 is 0 Å². The van der Waals surface area contributed by atoms with Gasteiger partial charge in [0.1, 0.15) is 5.82 Å². The van der Waals surface area contributed by atoms with Gasteiger partial charge >= 0.3 is 0 Å². The van der Waals surface area contributed by atoms with Crippen molar-refractivity contribution in [3.8, 4) is 0 Å². The van der Waals surface area contributed by atoms with Gasteiger partial charge in [-0.05, 0) is 31.7 Å². The van der Waals surface area contributed by atoms with Gasteiger partial charge in [0.25, 0.3) is 0 Å². The van der Waals surface area contributed by atoms with Gasteiger partial charge in [-0.15, -0.1) is 0 Å². The van der Waals surface area contributed by atoms with Crippen LogP contribution < -0.4 is 11.1 Å². The average molecular weight is 272 g/mol. The number of pyridine rings is 1. The summed E-state index contributed by atoms with van der Waals surface area (Å²) in [7, 11) is 0. The van der Waals surface area contributed by atoms with Crippen molar-refractivity contribution in [1.82, 2.24) is 4.98 Å². The lowest BCUT2D eigenvalue weighted by Gasteiger charge is -2.29. The normalized spacial score (nSPS) is 20.4. The highest BCUT2D eigenvalue weighted by molar-refractivity contribution is 6.08. The maximum atomic E-state index is 8.43. The molecule has 1 heterocycles. The topological polar surface area (TPSA) is 74.8 Å². The van der Waals surface area contributed by atoms with Crippen LogP contribution in [0.15, 0.2) is 12.3 Å². The van der Waals surface area contributed by atoms with Crippen LogP contribution in [-0.4, -0.2) is 16.7 Å². The molecule has 0 radical (unpaired) electrons. The van der Waals surface area contributed by atoms with Crippen molar-refractivity contribution in [2.45, 2.75) is 57.4 Å². The van der Waals surface area contributed by atoms with E-state index in [1.165, 1.54) is 38.5 Å². The van der Waals surface area contributed by atoms with Crippen LogP contribution in [0.2, 0.25) is 0 Å². The van der Waals surface area contributed by atoms with E-state index in [2.05, 4.69) is 10.3 Å². The summed E-state index contributed by atoms with van der Waals surface area (Å²) in [5, 5.41) is 12.0. The van der Waals surface area contributed by atoms with Crippen LogP contribution in [0.1, 0.15) is 56.9 Å². The van der Waals surface area contributed by atoms with Gasteiger partial charge in [0.2, 0.25) is 0 Å². The van der Waals surface area contributed by atoms with Crippen molar-refractivity contribution < 1.29 is 0 Å². The molecule has 0 aromatic carbocycles. The summed E-state index contributed by atoms with van der Waals surface area (Å²) in [4.78, 5) is 4.46. The highest BCUT2D eigenvalue weighted by Crippen LogP contribution is 2.34. The van der Waals surface area contributed by atoms with Gasteiger partial charge in [0.05, 0.1) is 5.56 Å². The Balaban J connectivity index is 1.81. The number of nitrogens with zero attached hydrogens (tertiary/aromatic N) is 1. The van der Waals surface area contributed by atoms with Crippen molar-refractivity contribution >= 4 is 17.2 Å². The van der Waals surface area contributed by atoms with E-state index in [0.717, 1.165) is 24.2 Å². The molecule has 108 valence electrons. The smallest absolute Gasteiger partial charge is 0.137 e. The van der Waals surface area contributed by atoms with Crippen molar-refractivity contribution in [1.29, 1.82) is 5.41 Å². The lowest BCUT2D eigenvalue weighted by atomic mass is 9.79. The molecule has 1 aromatic rings. The maximum Gasteiger partial charge on any atom is 0.137 e. The molecular formula is C16H24N4. The highest BCUT2D eigenvalue weighted by atomic mass is 15.0. The Morgan fingerprint density at radius 1 is 1.15 bits per heavy atom. The minimum atomic E-state index is 0.383. The van der Waals surface area contributed by atoms with Crippen molar-refractivity contribution in [2.75, 3.05) is 11.1 Å². The number of hydrogen-bond acceptors (Lipinski definition) is 4. The van der Waals surface area contributed by atoms with E-state index in [-0.39, 0.29) is 0 Å². The van der Waals surface area contributed by atoms with E-state index in [4.69, 9.17) is 11.1 Å². The number of hydrogen-bond donors (Lipinski definition) is 3. The molecule has 0 amide bonds. The van der Waals surface area contributed by atoms with E-state index in [1.807, 2.05) is 6.07 Å². The van der Waals surface area contributed by atoms with Gasteiger partial charge in [-0.25, -0.2) is 4.98 Å². The number of nitrogens with two attached hydrogens (primary N) is 1. The van der Waals surface area contributed by atoms with Crippen LogP contribution in [0.25, 0.3) is 0 Å². The fraction of sp³-hybridized carbons (Fsp3) is 0.625. The fourth-order valence-corrected chi connectivity index (χ4v) is 3.21. The summed E-state index contributed by atoms with van der Waals surface area (Å²) in [6.07, 6.45) is 11.5. The first-order valence-electron chi connectivity index (χ1n) is 7.85. The Hall–Kier alpha value is -1.58. The number of nitrogens with one attached hydrogen (secondary N) is 2. The number of anilines is 2. The third-order valence-corrected chi connectivity index (χ3v) is 4.71. The third-order valence-electron chi connectivity index (χ3n) is 4.71. The van der Waals surface area contributed by atoms with Gasteiger partial charge in [0.15, 0.2) is 0 Å². The molecule has 2 saturated carbocycles. The van der Waals surface area contributed by atoms with Gasteiger partial charge in [-0.2, -0.15) is 0 Å². The maximum absolute atomic E-state index is 8.43. The number of rotatable bonds is 4. The second-order valence-corrected chi connectivity index (χ2v) is 6.14. The van der Waals surface area contributed by atoms with E-state index in [0.29, 0.717) is 23.4 Å². The molecule has 2 aliphatic rings. The molecule has 0 unspecified atom stereocenters. The van der Waals surface area contributed by atoms with Gasteiger partial charge in [-0.3, -0.25) is 0 Å². The molecular weight excluding hydrogens is 248 g/mol. The molecule has 0 spiro atoms. The summed E-state index contributed by atoms with van der Waals surface area (Å²) < 4.78 is 0. The molecule has 1 aromatic heterocycles. The minimum absolute atomic E-state index is 0.383. The number of aromatic nitrogens is 1. The van der Waals surface area contributed by atoms with Crippen LogP contribution in [0.4, 0.5) is 11.5 Å². The van der Waals surface area contributed by atoms with Crippen LogP contribution in [0.5, 0.6) is 0 Å². The van der Waals surface area contributed by atoms with Crippen molar-refractivity contribution in [3.63, 3.8) is 0 Å². The fourth-order valence-electron chi connectivity index (χ4n) is 3.21. The van der Waals surface area contributed by atoms with E-state index < -0.39 is 0 Å². The highest BCUT2D eigenvalue weighted by Gasteiger charge is 2.27. The Morgan fingerprint density at radius 2 is 1.90 bits per heavy atom. The second kappa shape index (κ2) is 5.81. The van der Waals surface area contributed by atoms with Crippen LogP contribution in [-0.2, 0) is 0 Å². The van der Waals surface area contributed by atoms with E-state index in [9.17, 15) is 0 Å². The first kappa shape index (κ1) is 13.4. The Bertz CT molecular complexity index is 487. The Labute approximate surface area is 120 Å². The monoisotopic (exact) mass is 272 g/mol. The molecule has 4 N–H and O–H groups in total. The number of nitrogen functional groups attached to an aromatic ring is 1. The zero-order valence-electron chi connectivity index (χ0n) is 12.0. The van der Waals surface area contributed by atoms with E-state index in [1.54, 1.807) is 6.20 Å². The predicted octanol–water partition coefficient (Wildman–Crippen LogP) is 3.58. The first-order valence-corrected chi connectivity index (χ1v) is 7.85. The first-order chi connectivity index (χ1) is 9.75. The summed E-state index contributed by atoms with van der Waals surface area (Å²) in [5.74, 6) is 1.21. The lowest BCUT2D eigenvalue weighted by Crippen LogP contribution is -2.28. The molecule has 3 rings (SSSR count). The molecule has 0 aliphatic heterocycles. The molecule has 20 heavy (non-hydrogen) atoms. The molecule has 4 heteroatoms. The molecule has 0 atom stereocenters. The quantitative estimate of drug-likeness (QED) is 0.733. The molecule has 0 bridgehead atoms.